The molecular formula is C23H25FN4O. The van der Waals surface area contributed by atoms with Gasteiger partial charge in [-0.05, 0) is 48.7 Å². The zero-order chi connectivity index (χ0) is 19.8. The number of nitrogens with one attached hydrogen (secondary N) is 2. The average molecular weight is 392 g/mol. The summed E-state index contributed by atoms with van der Waals surface area (Å²) in [6.45, 7) is 5.54. The van der Waals surface area contributed by atoms with Gasteiger partial charge in [0.15, 0.2) is 0 Å². The summed E-state index contributed by atoms with van der Waals surface area (Å²) in [6, 6.07) is 13.1. The Morgan fingerprint density at radius 1 is 1.00 bits per heavy atom. The average Bonchev–Trinajstić information content (AvgIpc) is 2.75. The standard InChI is InChI=1S/C23H25FN4O/c24-17-4-6-18(7-5-17)28-12-10-27(11-13-28)15-16-3-8-19-21(14-16)26-23(29)20-2-1-9-25-22(19)20/h3-8,14,25H,1-2,9-13,15H2,(H,26,29). The van der Waals surface area contributed by atoms with Crippen LogP contribution in [0.15, 0.2) is 47.3 Å². The lowest BCUT2D eigenvalue weighted by molar-refractivity contribution is 0.250. The van der Waals surface area contributed by atoms with E-state index in [1.165, 1.54) is 17.7 Å². The minimum absolute atomic E-state index is 0.0322. The third-order valence-electron chi connectivity index (χ3n) is 6.05. The Morgan fingerprint density at radius 2 is 1.79 bits per heavy atom. The van der Waals surface area contributed by atoms with Crippen molar-refractivity contribution in [3.63, 3.8) is 0 Å². The fraction of sp³-hybridized carbons (Fsp3) is 0.348. The molecule has 0 unspecified atom stereocenters. The summed E-state index contributed by atoms with van der Waals surface area (Å²) in [5, 5.41) is 4.51. The molecule has 6 heteroatoms. The van der Waals surface area contributed by atoms with Gasteiger partial charge in [0.05, 0.1) is 11.2 Å². The molecule has 3 heterocycles. The monoisotopic (exact) mass is 392 g/mol. The van der Waals surface area contributed by atoms with E-state index in [9.17, 15) is 9.18 Å². The van der Waals surface area contributed by atoms with Crippen LogP contribution in [0.3, 0.4) is 0 Å². The molecule has 29 heavy (non-hydrogen) atoms. The van der Waals surface area contributed by atoms with E-state index in [-0.39, 0.29) is 11.4 Å². The number of aromatic nitrogens is 1. The molecule has 0 saturated carbocycles. The van der Waals surface area contributed by atoms with Gasteiger partial charge in [0.1, 0.15) is 5.82 Å². The van der Waals surface area contributed by atoms with E-state index in [0.29, 0.717) is 0 Å². The van der Waals surface area contributed by atoms with Crippen molar-refractivity contribution in [3.8, 4) is 0 Å². The van der Waals surface area contributed by atoms with Gasteiger partial charge in [0.25, 0.3) is 5.56 Å². The molecule has 2 N–H and O–H groups in total. The van der Waals surface area contributed by atoms with E-state index in [4.69, 9.17) is 0 Å². The van der Waals surface area contributed by atoms with Crippen LogP contribution in [0.1, 0.15) is 17.5 Å². The highest BCUT2D eigenvalue weighted by Gasteiger charge is 2.19. The number of piperazine rings is 1. The Balaban J connectivity index is 1.30. The zero-order valence-corrected chi connectivity index (χ0v) is 16.4. The second-order valence-corrected chi connectivity index (χ2v) is 7.96. The summed E-state index contributed by atoms with van der Waals surface area (Å²) in [5.74, 6) is -0.196. The third kappa shape index (κ3) is 3.60. The van der Waals surface area contributed by atoms with Crippen molar-refractivity contribution in [1.29, 1.82) is 0 Å². The lowest BCUT2D eigenvalue weighted by Gasteiger charge is -2.36. The second kappa shape index (κ2) is 7.52. The molecule has 0 bridgehead atoms. The van der Waals surface area contributed by atoms with Crippen molar-refractivity contribution in [1.82, 2.24) is 9.88 Å². The Morgan fingerprint density at radius 3 is 2.59 bits per heavy atom. The summed E-state index contributed by atoms with van der Waals surface area (Å²) in [6.07, 6.45) is 1.84. The predicted molar refractivity (Wildman–Crippen MR) is 115 cm³/mol. The number of H-pyrrole nitrogens is 1. The summed E-state index contributed by atoms with van der Waals surface area (Å²) >= 11 is 0. The molecule has 3 aromatic rings. The highest BCUT2D eigenvalue weighted by atomic mass is 19.1. The SMILES string of the molecule is O=c1[nH]c2cc(CN3CCN(c4ccc(F)cc4)CC3)ccc2c2c1CCCN2. The van der Waals surface area contributed by atoms with Crippen molar-refractivity contribution in [3.05, 3.63) is 69.8 Å². The molecule has 0 spiro atoms. The number of nitrogens with zero attached hydrogens (tertiary/aromatic N) is 2. The van der Waals surface area contributed by atoms with Crippen molar-refractivity contribution in [2.45, 2.75) is 19.4 Å². The van der Waals surface area contributed by atoms with Crippen LogP contribution in [0.2, 0.25) is 0 Å². The molecule has 5 rings (SSSR count). The number of hydrogen-bond donors (Lipinski definition) is 2. The number of aromatic amines is 1. The van der Waals surface area contributed by atoms with Gasteiger partial charge >= 0.3 is 0 Å². The van der Waals surface area contributed by atoms with Gasteiger partial charge in [-0.25, -0.2) is 4.39 Å². The normalized spacial score (nSPS) is 17.2. The minimum Gasteiger partial charge on any atom is -0.384 e. The van der Waals surface area contributed by atoms with Crippen LogP contribution in [0.25, 0.3) is 10.9 Å². The smallest absolute Gasteiger partial charge is 0.253 e. The Kier molecular flexibility index (Phi) is 4.72. The van der Waals surface area contributed by atoms with E-state index in [1.807, 2.05) is 12.1 Å². The van der Waals surface area contributed by atoms with Gasteiger partial charge in [0, 0.05) is 55.9 Å². The highest BCUT2D eigenvalue weighted by molar-refractivity contribution is 5.93. The molecule has 150 valence electrons. The Hall–Kier alpha value is -2.86. The maximum atomic E-state index is 13.1. The van der Waals surface area contributed by atoms with Gasteiger partial charge in [0.2, 0.25) is 0 Å². The first-order valence-electron chi connectivity index (χ1n) is 10.3. The first kappa shape index (κ1) is 18.2. The maximum Gasteiger partial charge on any atom is 0.253 e. The van der Waals surface area contributed by atoms with Crippen LogP contribution in [0, 0.1) is 5.82 Å². The first-order chi connectivity index (χ1) is 14.2. The van der Waals surface area contributed by atoms with Crippen molar-refractivity contribution in [2.24, 2.45) is 0 Å². The van der Waals surface area contributed by atoms with Gasteiger partial charge in [-0.2, -0.15) is 0 Å². The molecule has 0 aliphatic carbocycles. The molecule has 0 amide bonds. The van der Waals surface area contributed by atoms with Crippen LogP contribution in [-0.2, 0) is 13.0 Å². The number of pyridine rings is 1. The van der Waals surface area contributed by atoms with Crippen LogP contribution >= 0.6 is 0 Å². The minimum atomic E-state index is -0.196. The molecule has 2 aliphatic heterocycles. The number of anilines is 2. The second-order valence-electron chi connectivity index (χ2n) is 7.96. The number of benzene rings is 2. The number of rotatable bonds is 3. The van der Waals surface area contributed by atoms with Crippen molar-refractivity contribution >= 4 is 22.3 Å². The van der Waals surface area contributed by atoms with Crippen LogP contribution in [-0.4, -0.2) is 42.6 Å². The summed E-state index contributed by atoms with van der Waals surface area (Å²) in [7, 11) is 0. The van der Waals surface area contributed by atoms with Crippen LogP contribution in [0.4, 0.5) is 15.8 Å². The molecule has 0 radical (unpaired) electrons. The third-order valence-corrected chi connectivity index (χ3v) is 6.05. The zero-order valence-electron chi connectivity index (χ0n) is 16.4. The Labute approximate surface area is 169 Å². The van der Waals surface area contributed by atoms with E-state index in [2.05, 4.69) is 38.3 Å². The summed E-state index contributed by atoms with van der Waals surface area (Å²) in [5.41, 5.74) is 5.11. The predicted octanol–water partition coefficient (Wildman–Crippen LogP) is 3.35. The van der Waals surface area contributed by atoms with Gasteiger partial charge in [-0.15, -0.1) is 0 Å². The van der Waals surface area contributed by atoms with Crippen molar-refractivity contribution < 1.29 is 4.39 Å². The maximum absolute atomic E-state index is 13.1. The number of fused-ring (bicyclic) bond motifs is 3. The highest BCUT2D eigenvalue weighted by Crippen LogP contribution is 2.28. The molecule has 0 atom stereocenters. The lowest BCUT2D eigenvalue weighted by atomic mass is 10.0. The lowest BCUT2D eigenvalue weighted by Crippen LogP contribution is -2.45. The number of halogens is 1. The molecule has 1 aromatic heterocycles. The number of hydrogen-bond acceptors (Lipinski definition) is 4. The van der Waals surface area contributed by atoms with Gasteiger partial charge in [-0.3, -0.25) is 9.69 Å². The molecule has 1 fully saturated rings. The van der Waals surface area contributed by atoms with Crippen LogP contribution in [0.5, 0.6) is 0 Å². The fourth-order valence-electron chi connectivity index (χ4n) is 4.48. The first-order valence-corrected chi connectivity index (χ1v) is 10.3. The largest absolute Gasteiger partial charge is 0.384 e. The fourth-order valence-corrected chi connectivity index (χ4v) is 4.48. The van der Waals surface area contributed by atoms with E-state index in [0.717, 1.165) is 80.0 Å². The molecule has 1 saturated heterocycles. The van der Waals surface area contributed by atoms with Crippen molar-refractivity contribution in [2.75, 3.05) is 42.9 Å². The topological polar surface area (TPSA) is 51.4 Å². The van der Waals surface area contributed by atoms with Gasteiger partial charge < -0.3 is 15.2 Å². The van der Waals surface area contributed by atoms with Gasteiger partial charge in [-0.1, -0.05) is 12.1 Å². The molecular weight excluding hydrogens is 367 g/mol. The molecule has 2 aromatic carbocycles. The summed E-state index contributed by atoms with van der Waals surface area (Å²) < 4.78 is 13.1. The van der Waals surface area contributed by atoms with E-state index in [1.54, 1.807) is 0 Å². The van der Waals surface area contributed by atoms with E-state index >= 15 is 0 Å². The molecule has 5 nitrogen and oxygen atoms in total. The molecule has 2 aliphatic rings. The summed E-state index contributed by atoms with van der Waals surface area (Å²) in [4.78, 5) is 20.2. The Bertz CT molecular complexity index is 1080. The van der Waals surface area contributed by atoms with Crippen LogP contribution < -0.4 is 15.8 Å². The van der Waals surface area contributed by atoms with E-state index < -0.39 is 0 Å². The quantitative estimate of drug-likeness (QED) is 0.718.